The number of nitrogens with zero attached hydrogens (tertiary/aromatic N) is 1. The molecule has 0 aliphatic carbocycles. The van der Waals surface area contributed by atoms with Crippen molar-refractivity contribution >= 4 is 0 Å². The van der Waals surface area contributed by atoms with Crippen LogP contribution in [0.25, 0.3) is 0 Å². The number of aromatic nitrogens is 2. The lowest BCUT2D eigenvalue weighted by Crippen LogP contribution is -1.89. The zero-order valence-corrected chi connectivity index (χ0v) is 17.5. The van der Waals surface area contributed by atoms with Crippen LogP contribution in [0.2, 0.25) is 0 Å². The van der Waals surface area contributed by atoms with Crippen LogP contribution in [0.3, 0.4) is 0 Å². The third-order valence-corrected chi connectivity index (χ3v) is 5.44. The van der Waals surface area contributed by atoms with E-state index in [9.17, 15) is 0 Å². The van der Waals surface area contributed by atoms with Crippen LogP contribution in [0.4, 0.5) is 0 Å². The van der Waals surface area contributed by atoms with Crippen molar-refractivity contribution in [3.8, 4) is 0 Å². The van der Waals surface area contributed by atoms with Crippen molar-refractivity contribution in [2.75, 3.05) is 0 Å². The normalized spacial score (nSPS) is 11.3. The van der Waals surface area contributed by atoms with Gasteiger partial charge in [0.15, 0.2) is 0 Å². The predicted molar refractivity (Wildman–Crippen MR) is 111 cm³/mol. The van der Waals surface area contributed by atoms with Crippen LogP contribution in [-0.2, 0) is 6.42 Å². The van der Waals surface area contributed by atoms with E-state index in [1.807, 2.05) is 0 Å². The van der Waals surface area contributed by atoms with Crippen LogP contribution in [0.5, 0.6) is 0 Å². The summed E-state index contributed by atoms with van der Waals surface area (Å²) in [4.78, 5) is 7.95. The summed E-state index contributed by atoms with van der Waals surface area (Å²) in [5.74, 6) is 1.18. The van der Waals surface area contributed by atoms with Gasteiger partial charge in [0.25, 0.3) is 0 Å². The highest BCUT2D eigenvalue weighted by molar-refractivity contribution is 5.10. The molecule has 0 fully saturated rings. The lowest BCUT2D eigenvalue weighted by Gasteiger charge is -2.03. The smallest absolute Gasteiger partial charge is 0.106 e. The molecule has 2 nitrogen and oxygen atoms in total. The van der Waals surface area contributed by atoms with Crippen molar-refractivity contribution in [2.24, 2.45) is 0 Å². The van der Waals surface area contributed by atoms with Gasteiger partial charge in [0.05, 0.1) is 5.69 Å². The van der Waals surface area contributed by atoms with E-state index in [-0.39, 0.29) is 0 Å². The van der Waals surface area contributed by atoms with E-state index in [2.05, 4.69) is 30.7 Å². The minimum absolute atomic E-state index is 1.12. The molecule has 146 valence electrons. The molecule has 0 atom stereocenters. The summed E-state index contributed by atoms with van der Waals surface area (Å²) in [6.07, 6.45) is 24.0. The second-order valence-electron chi connectivity index (χ2n) is 7.95. The highest BCUT2D eigenvalue weighted by atomic mass is 14.9. The Hall–Kier alpha value is -0.790. The Balaban J connectivity index is 1.74. The van der Waals surface area contributed by atoms with Crippen molar-refractivity contribution in [2.45, 2.75) is 130 Å². The first kappa shape index (κ1) is 22.3. The van der Waals surface area contributed by atoms with E-state index in [0.29, 0.717) is 0 Å². The zero-order chi connectivity index (χ0) is 18.2. The predicted octanol–water partition coefficient (Wildman–Crippen LogP) is 7.83. The molecule has 0 saturated heterocycles. The molecule has 1 aromatic heterocycles. The Labute approximate surface area is 157 Å². The van der Waals surface area contributed by atoms with Crippen molar-refractivity contribution in [1.82, 2.24) is 9.97 Å². The van der Waals surface area contributed by atoms with Crippen molar-refractivity contribution in [3.05, 3.63) is 17.2 Å². The van der Waals surface area contributed by atoms with Crippen LogP contribution >= 0.6 is 0 Å². The van der Waals surface area contributed by atoms with Crippen LogP contribution in [0.15, 0.2) is 0 Å². The number of hydrogen-bond acceptors (Lipinski definition) is 1. The first-order valence-corrected chi connectivity index (χ1v) is 11.3. The maximum Gasteiger partial charge on any atom is 0.106 e. The molecule has 0 saturated carbocycles. The maximum absolute atomic E-state index is 4.56. The monoisotopic (exact) mass is 348 g/mol. The Morgan fingerprint density at radius 2 is 1.00 bits per heavy atom. The molecule has 1 N–H and O–H groups in total. The molecule has 0 unspecified atom stereocenters. The fourth-order valence-electron chi connectivity index (χ4n) is 3.58. The average Bonchev–Trinajstić information content (AvgIpc) is 2.92. The van der Waals surface area contributed by atoms with Gasteiger partial charge in [-0.1, -0.05) is 103 Å². The van der Waals surface area contributed by atoms with Crippen LogP contribution in [0, 0.1) is 13.8 Å². The molecule has 0 radical (unpaired) electrons. The third-order valence-electron chi connectivity index (χ3n) is 5.44. The number of unbranched alkanes of at least 4 members (excludes halogenated alkanes) is 15. The minimum atomic E-state index is 1.12. The summed E-state index contributed by atoms with van der Waals surface area (Å²) >= 11 is 0. The molecule has 0 aliphatic heterocycles. The number of imidazole rings is 1. The summed E-state index contributed by atoms with van der Waals surface area (Å²) in [7, 11) is 0. The van der Waals surface area contributed by atoms with Crippen molar-refractivity contribution in [3.63, 3.8) is 0 Å². The summed E-state index contributed by atoms with van der Waals surface area (Å²) in [6.45, 7) is 6.49. The quantitative estimate of drug-likeness (QED) is 0.285. The standard InChI is InChI=1S/C23H44N2/c1-4-5-6-7-8-9-10-11-12-13-14-15-16-17-18-19-20-23-24-21(2)22(3)25-23/h4-20H2,1-3H3,(H,24,25). The lowest BCUT2D eigenvalue weighted by atomic mass is 10.0. The first-order chi connectivity index (χ1) is 12.2. The van der Waals surface area contributed by atoms with E-state index in [0.717, 1.165) is 12.1 Å². The highest BCUT2D eigenvalue weighted by Gasteiger charge is 2.01. The Kier molecular flexibility index (Phi) is 13.8. The second kappa shape index (κ2) is 15.5. The molecule has 2 heteroatoms. The molecule has 25 heavy (non-hydrogen) atoms. The molecule has 1 heterocycles. The average molecular weight is 349 g/mol. The molecule has 1 rings (SSSR count). The first-order valence-electron chi connectivity index (χ1n) is 11.3. The van der Waals surface area contributed by atoms with Crippen LogP contribution < -0.4 is 0 Å². The second-order valence-corrected chi connectivity index (χ2v) is 7.95. The molecule has 1 aromatic rings. The number of H-pyrrole nitrogens is 1. The van der Waals surface area contributed by atoms with Crippen molar-refractivity contribution < 1.29 is 0 Å². The summed E-state index contributed by atoms with van der Waals surface area (Å²) in [5, 5.41) is 0. The number of nitrogens with one attached hydrogen (secondary N) is 1. The van der Waals surface area contributed by atoms with Gasteiger partial charge in [-0.05, 0) is 20.3 Å². The van der Waals surface area contributed by atoms with Gasteiger partial charge in [0.1, 0.15) is 5.82 Å². The SMILES string of the molecule is CCCCCCCCCCCCCCCCCCc1nc(C)c(C)[nH]1. The van der Waals surface area contributed by atoms with E-state index in [4.69, 9.17) is 0 Å². The number of aromatic amines is 1. The highest BCUT2D eigenvalue weighted by Crippen LogP contribution is 2.14. The summed E-state index contributed by atoms with van der Waals surface area (Å²) in [6, 6.07) is 0. The molecule has 0 bridgehead atoms. The van der Waals surface area contributed by atoms with Crippen molar-refractivity contribution in [1.29, 1.82) is 0 Å². The topological polar surface area (TPSA) is 28.7 Å². The van der Waals surface area contributed by atoms with E-state index >= 15 is 0 Å². The van der Waals surface area contributed by atoms with E-state index in [1.54, 1.807) is 0 Å². The van der Waals surface area contributed by atoms with Gasteiger partial charge < -0.3 is 4.98 Å². The van der Waals surface area contributed by atoms with Gasteiger partial charge >= 0.3 is 0 Å². The molecule has 0 aromatic carbocycles. The maximum atomic E-state index is 4.56. The van der Waals surface area contributed by atoms with E-state index < -0.39 is 0 Å². The molecular formula is C23H44N2. The fraction of sp³-hybridized carbons (Fsp3) is 0.870. The minimum Gasteiger partial charge on any atom is -0.346 e. The summed E-state index contributed by atoms with van der Waals surface area (Å²) in [5.41, 5.74) is 2.39. The molecule has 0 amide bonds. The zero-order valence-electron chi connectivity index (χ0n) is 17.5. The van der Waals surface area contributed by atoms with Crippen LogP contribution in [0.1, 0.15) is 127 Å². The number of rotatable bonds is 17. The third kappa shape index (κ3) is 12.2. The van der Waals surface area contributed by atoms with Gasteiger partial charge in [-0.15, -0.1) is 0 Å². The van der Waals surface area contributed by atoms with Crippen LogP contribution in [-0.4, -0.2) is 9.97 Å². The Morgan fingerprint density at radius 1 is 0.600 bits per heavy atom. The lowest BCUT2D eigenvalue weighted by molar-refractivity contribution is 0.529. The Morgan fingerprint density at radius 3 is 1.36 bits per heavy atom. The van der Waals surface area contributed by atoms with Gasteiger partial charge in [-0.2, -0.15) is 0 Å². The van der Waals surface area contributed by atoms with E-state index in [1.165, 1.54) is 114 Å². The Bertz CT molecular complexity index is 389. The number of aryl methyl sites for hydroxylation is 3. The molecular weight excluding hydrogens is 304 g/mol. The molecule has 0 spiro atoms. The van der Waals surface area contributed by atoms with Gasteiger partial charge in [0, 0.05) is 12.1 Å². The van der Waals surface area contributed by atoms with Gasteiger partial charge in [0.2, 0.25) is 0 Å². The van der Waals surface area contributed by atoms with Gasteiger partial charge in [-0.3, -0.25) is 0 Å². The number of hydrogen-bond donors (Lipinski definition) is 1. The van der Waals surface area contributed by atoms with Gasteiger partial charge in [-0.25, -0.2) is 4.98 Å². The largest absolute Gasteiger partial charge is 0.346 e. The summed E-state index contributed by atoms with van der Waals surface area (Å²) < 4.78 is 0. The fourth-order valence-corrected chi connectivity index (χ4v) is 3.58. The molecule has 0 aliphatic rings.